The Labute approximate surface area is 250 Å². The Bertz CT molecular complexity index is 1370. The van der Waals surface area contributed by atoms with Crippen LogP contribution in [-0.2, 0) is 11.3 Å². The molecule has 41 heavy (non-hydrogen) atoms. The van der Waals surface area contributed by atoms with Crippen LogP contribution < -0.4 is 14.4 Å². The number of anilines is 1. The summed E-state index contributed by atoms with van der Waals surface area (Å²) < 4.78 is 33.3. The van der Waals surface area contributed by atoms with Gasteiger partial charge in [-0.2, -0.15) is 0 Å². The van der Waals surface area contributed by atoms with Crippen LogP contribution in [0.15, 0.2) is 42.5 Å². The third kappa shape index (κ3) is 5.42. The zero-order valence-corrected chi connectivity index (χ0v) is 25.7. The lowest BCUT2D eigenvalue weighted by molar-refractivity contribution is -0.139. The zero-order chi connectivity index (χ0) is 28.8. The molecule has 2 aliphatic heterocycles. The molecule has 0 amide bonds. The van der Waals surface area contributed by atoms with Gasteiger partial charge in [0.2, 0.25) is 5.13 Å². The highest BCUT2D eigenvalue weighted by atomic mass is 35.5. The van der Waals surface area contributed by atoms with Crippen LogP contribution in [-0.4, -0.2) is 65.4 Å². The van der Waals surface area contributed by atoms with E-state index in [4.69, 9.17) is 25.8 Å². The van der Waals surface area contributed by atoms with Crippen LogP contribution >= 0.6 is 22.9 Å². The molecule has 1 aromatic heterocycles. The number of piperidine rings is 2. The summed E-state index contributed by atoms with van der Waals surface area (Å²) in [5, 5.41) is 11.2. The fourth-order valence-electron chi connectivity index (χ4n) is 6.97. The summed E-state index contributed by atoms with van der Waals surface area (Å²) in [6.07, 6.45) is 4.72. The SMILES string of the molecule is COCOc1cc(Cl)ccc1-c1nnc(N(C2CC2)[C@@H]2C[C@@]3(C)CCC[C@@](C)([C@@H]2F)N3Cc2ccc(OC)cc2)s1. The van der Waals surface area contributed by atoms with Crippen molar-refractivity contribution >= 4 is 28.1 Å². The highest BCUT2D eigenvalue weighted by Gasteiger charge is 2.60. The fourth-order valence-corrected chi connectivity index (χ4v) is 8.14. The van der Waals surface area contributed by atoms with Gasteiger partial charge < -0.3 is 19.1 Å². The molecule has 2 saturated heterocycles. The lowest BCUT2D eigenvalue weighted by Crippen LogP contribution is -2.74. The average Bonchev–Trinajstić information content (AvgIpc) is 3.69. The van der Waals surface area contributed by atoms with Crippen LogP contribution in [0.5, 0.6) is 11.5 Å². The third-order valence-corrected chi connectivity index (χ3v) is 10.4. The minimum atomic E-state index is -1.03. The van der Waals surface area contributed by atoms with E-state index in [0.29, 0.717) is 10.8 Å². The Balaban J connectivity index is 1.30. The van der Waals surface area contributed by atoms with Crippen LogP contribution in [0.1, 0.15) is 57.9 Å². The molecule has 0 spiro atoms. The molecule has 2 aromatic carbocycles. The molecule has 0 radical (unpaired) electrons. The number of rotatable bonds is 10. The first-order chi connectivity index (χ1) is 19.8. The van der Waals surface area contributed by atoms with E-state index in [9.17, 15) is 0 Å². The van der Waals surface area contributed by atoms with Crippen molar-refractivity contribution in [1.82, 2.24) is 15.1 Å². The van der Waals surface area contributed by atoms with Gasteiger partial charge in [-0.1, -0.05) is 35.1 Å². The maximum atomic E-state index is 17.1. The fraction of sp³-hybridized carbons (Fsp3) is 0.548. The van der Waals surface area contributed by atoms with Crippen molar-refractivity contribution < 1.29 is 18.6 Å². The molecule has 1 aliphatic carbocycles. The number of fused-ring (bicyclic) bond motifs is 2. The predicted octanol–water partition coefficient (Wildman–Crippen LogP) is 7.13. The van der Waals surface area contributed by atoms with E-state index in [1.807, 2.05) is 24.3 Å². The molecule has 3 heterocycles. The van der Waals surface area contributed by atoms with E-state index >= 15 is 4.39 Å². The number of aromatic nitrogens is 2. The Hall–Kier alpha value is -2.46. The van der Waals surface area contributed by atoms with Crippen LogP contribution in [0.4, 0.5) is 9.52 Å². The number of hydrogen-bond acceptors (Lipinski definition) is 8. The van der Waals surface area contributed by atoms with Gasteiger partial charge in [0.25, 0.3) is 0 Å². The van der Waals surface area contributed by atoms with E-state index in [1.54, 1.807) is 20.3 Å². The van der Waals surface area contributed by atoms with E-state index in [1.165, 1.54) is 16.9 Å². The van der Waals surface area contributed by atoms with Gasteiger partial charge >= 0.3 is 0 Å². The van der Waals surface area contributed by atoms with Gasteiger partial charge in [0.15, 0.2) is 11.8 Å². The van der Waals surface area contributed by atoms with E-state index in [0.717, 1.165) is 66.5 Å². The molecule has 10 heteroatoms. The summed E-state index contributed by atoms with van der Waals surface area (Å²) in [6.45, 7) is 5.28. The second-order valence-electron chi connectivity index (χ2n) is 12.0. The molecule has 3 aliphatic rings. The summed E-state index contributed by atoms with van der Waals surface area (Å²) in [7, 11) is 3.25. The lowest BCUT2D eigenvalue weighted by atomic mass is 9.65. The largest absolute Gasteiger partial charge is 0.497 e. The van der Waals surface area contributed by atoms with Crippen LogP contribution in [0.25, 0.3) is 10.6 Å². The molecule has 220 valence electrons. The van der Waals surface area contributed by atoms with Crippen molar-refractivity contribution in [3.63, 3.8) is 0 Å². The smallest absolute Gasteiger partial charge is 0.209 e. The molecular formula is C31H38ClFN4O3S. The van der Waals surface area contributed by atoms with Gasteiger partial charge in [-0.25, -0.2) is 4.39 Å². The van der Waals surface area contributed by atoms with Crippen LogP contribution in [0, 0.1) is 0 Å². The zero-order valence-electron chi connectivity index (χ0n) is 24.1. The highest BCUT2D eigenvalue weighted by molar-refractivity contribution is 7.18. The van der Waals surface area contributed by atoms with Crippen molar-refractivity contribution in [2.75, 3.05) is 25.9 Å². The number of nitrogens with zero attached hydrogens (tertiary/aromatic N) is 4. The van der Waals surface area contributed by atoms with Gasteiger partial charge in [-0.3, -0.25) is 4.90 Å². The maximum absolute atomic E-state index is 17.1. The summed E-state index contributed by atoms with van der Waals surface area (Å²) in [6, 6.07) is 13.7. The average molecular weight is 601 g/mol. The molecule has 6 rings (SSSR count). The third-order valence-electron chi connectivity index (χ3n) is 9.19. The number of benzene rings is 2. The first kappa shape index (κ1) is 28.6. The molecule has 1 saturated carbocycles. The summed E-state index contributed by atoms with van der Waals surface area (Å²) in [4.78, 5) is 4.72. The molecule has 0 N–H and O–H groups in total. The van der Waals surface area contributed by atoms with E-state index < -0.39 is 11.7 Å². The number of methoxy groups -OCH3 is 2. The molecule has 2 bridgehead atoms. The van der Waals surface area contributed by atoms with Crippen molar-refractivity contribution in [1.29, 1.82) is 0 Å². The Morgan fingerprint density at radius 1 is 1.10 bits per heavy atom. The molecular weight excluding hydrogens is 563 g/mol. The van der Waals surface area contributed by atoms with Crippen molar-refractivity contribution in [2.45, 2.75) is 88.3 Å². The standard InChI is InChI=1S/C31H38ClFN4O3S/c1-30-14-5-15-31(2,36(30)18-20-6-11-23(39-4)12-7-20)27(33)25(17-30)37(22-9-10-22)29-35-34-28(41-29)24-13-8-21(32)16-26(24)40-19-38-3/h6-8,11-13,16,22,25,27H,5,9-10,14-15,17-19H2,1-4H3/t25-,27-,30-,31+/m1/s1. The van der Waals surface area contributed by atoms with Gasteiger partial charge in [0, 0.05) is 30.3 Å². The summed E-state index contributed by atoms with van der Waals surface area (Å²) in [5.74, 6) is 1.42. The molecule has 7 nitrogen and oxygen atoms in total. The summed E-state index contributed by atoms with van der Waals surface area (Å²) >= 11 is 7.73. The molecule has 3 aromatic rings. The quantitative estimate of drug-likeness (QED) is 0.229. The number of hydrogen-bond donors (Lipinski definition) is 0. The van der Waals surface area contributed by atoms with Crippen LogP contribution in [0.2, 0.25) is 5.02 Å². The number of halogens is 2. The van der Waals surface area contributed by atoms with E-state index in [2.05, 4.69) is 46.0 Å². The number of ether oxygens (including phenoxy) is 3. The normalized spacial score (nSPS) is 28.0. The molecule has 4 atom stereocenters. The van der Waals surface area contributed by atoms with Crippen LogP contribution in [0.3, 0.4) is 0 Å². The van der Waals surface area contributed by atoms with Gasteiger partial charge in [0.1, 0.15) is 17.7 Å². The minimum Gasteiger partial charge on any atom is -0.497 e. The second-order valence-corrected chi connectivity index (χ2v) is 13.4. The highest BCUT2D eigenvalue weighted by Crippen LogP contribution is 2.53. The molecule has 0 unspecified atom stereocenters. The molecule has 3 fully saturated rings. The van der Waals surface area contributed by atoms with Gasteiger partial charge in [-0.05, 0) is 88.3 Å². The van der Waals surface area contributed by atoms with E-state index in [-0.39, 0.29) is 24.4 Å². The minimum absolute atomic E-state index is 0.100. The van der Waals surface area contributed by atoms with Gasteiger partial charge in [0.05, 0.1) is 24.3 Å². The maximum Gasteiger partial charge on any atom is 0.209 e. The monoisotopic (exact) mass is 600 g/mol. The topological polar surface area (TPSA) is 60.0 Å². The van der Waals surface area contributed by atoms with Crippen molar-refractivity contribution in [2.24, 2.45) is 0 Å². The summed E-state index contributed by atoms with van der Waals surface area (Å²) in [5.41, 5.74) is 1.28. The van der Waals surface area contributed by atoms with Crippen molar-refractivity contribution in [3.05, 3.63) is 53.1 Å². The first-order valence-corrected chi connectivity index (χ1v) is 15.5. The lowest BCUT2D eigenvalue weighted by Gasteiger charge is -2.63. The first-order valence-electron chi connectivity index (χ1n) is 14.3. The second kappa shape index (κ2) is 11.3. The predicted molar refractivity (Wildman–Crippen MR) is 161 cm³/mol. The number of alkyl halides is 1. The Morgan fingerprint density at radius 2 is 1.88 bits per heavy atom. The van der Waals surface area contributed by atoms with Gasteiger partial charge in [-0.15, -0.1) is 10.2 Å². The Kier molecular flexibility index (Phi) is 7.91. The Morgan fingerprint density at radius 3 is 2.59 bits per heavy atom. The van der Waals surface area contributed by atoms with Crippen molar-refractivity contribution in [3.8, 4) is 22.1 Å².